The first-order chi connectivity index (χ1) is 14.9. The Kier molecular flexibility index (Phi) is 6.27. The van der Waals surface area contributed by atoms with Crippen molar-refractivity contribution in [1.82, 2.24) is 24.8 Å². The molecule has 2 aliphatic rings. The van der Waals surface area contributed by atoms with Crippen LogP contribution < -0.4 is 4.90 Å². The monoisotopic (exact) mass is 422 g/mol. The van der Waals surface area contributed by atoms with Crippen LogP contribution in [0.4, 0.5) is 5.82 Å². The van der Waals surface area contributed by atoms with Gasteiger partial charge in [0.2, 0.25) is 11.8 Å². The molecular weight excluding hydrogens is 392 g/mol. The van der Waals surface area contributed by atoms with Crippen LogP contribution in [0.5, 0.6) is 0 Å². The molecule has 4 heterocycles. The molecule has 2 amide bonds. The summed E-state index contributed by atoms with van der Waals surface area (Å²) in [6, 6.07) is 5.70. The highest BCUT2D eigenvalue weighted by Gasteiger charge is 2.33. The summed E-state index contributed by atoms with van der Waals surface area (Å²) >= 11 is 0. The van der Waals surface area contributed by atoms with E-state index >= 15 is 0 Å². The number of piperidine rings is 1. The Bertz CT molecular complexity index is 962. The minimum absolute atomic E-state index is 0.0182. The van der Waals surface area contributed by atoms with Crippen molar-refractivity contribution in [3.05, 3.63) is 47.2 Å². The van der Waals surface area contributed by atoms with Crippen LogP contribution in [0.25, 0.3) is 0 Å². The summed E-state index contributed by atoms with van der Waals surface area (Å²) in [6.45, 7) is 3.60. The second-order valence-corrected chi connectivity index (χ2v) is 8.54. The predicted octanol–water partition coefficient (Wildman–Crippen LogP) is 2.27. The first kappa shape index (κ1) is 21.4. The molecule has 2 aromatic heterocycles. The maximum atomic E-state index is 12.8. The minimum atomic E-state index is -0.0182. The van der Waals surface area contributed by atoms with Crippen molar-refractivity contribution in [2.24, 2.45) is 0 Å². The number of nitrogens with zero attached hydrogens (tertiary/aromatic N) is 6. The van der Waals surface area contributed by atoms with Gasteiger partial charge in [-0.25, -0.2) is 9.97 Å². The maximum absolute atomic E-state index is 12.8. The minimum Gasteiger partial charge on any atom is -0.348 e. The third-order valence-electron chi connectivity index (χ3n) is 6.15. The molecule has 2 aliphatic heterocycles. The number of likely N-dealkylation sites (tertiary alicyclic amines) is 1. The van der Waals surface area contributed by atoms with Crippen molar-refractivity contribution in [3.63, 3.8) is 0 Å². The molecule has 31 heavy (non-hydrogen) atoms. The van der Waals surface area contributed by atoms with Gasteiger partial charge in [-0.1, -0.05) is 12.5 Å². The molecule has 8 nitrogen and oxygen atoms in total. The molecule has 0 radical (unpaired) electrons. The highest BCUT2D eigenvalue weighted by molar-refractivity contribution is 5.95. The lowest BCUT2D eigenvalue weighted by molar-refractivity contribution is -0.131. The van der Waals surface area contributed by atoms with Gasteiger partial charge in [0.05, 0.1) is 24.8 Å². The number of anilines is 1. The van der Waals surface area contributed by atoms with Crippen LogP contribution in [0.15, 0.2) is 24.4 Å². The molecule has 2 aromatic rings. The maximum Gasteiger partial charge on any atom is 0.236 e. The van der Waals surface area contributed by atoms with Gasteiger partial charge in [0.15, 0.2) is 0 Å². The Balaban J connectivity index is 1.68. The molecule has 0 aliphatic carbocycles. The van der Waals surface area contributed by atoms with Crippen molar-refractivity contribution in [2.45, 2.75) is 51.6 Å². The fourth-order valence-electron chi connectivity index (χ4n) is 4.36. The van der Waals surface area contributed by atoms with Crippen LogP contribution in [0.1, 0.15) is 54.5 Å². The highest BCUT2D eigenvalue weighted by atomic mass is 16.2. The fourth-order valence-corrected chi connectivity index (χ4v) is 4.36. The highest BCUT2D eigenvalue weighted by Crippen LogP contribution is 2.34. The average molecular weight is 423 g/mol. The van der Waals surface area contributed by atoms with Crippen LogP contribution in [0.2, 0.25) is 0 Å². The van der Waals surface area contributed by atoms with Gasteiger partial charge < -0.3 is 4.90 Å². The summed E-state index contributed by atoms with van der Waals surface area (Å²) in [6.07, 6.45) is 5.90. The van der Waals surface area contributed by atoms with Crippen LogP contribution >= 0.6 is 0 Å². The largest absolute Gasteiger partial charge is 0.348 e. The van der Waals surface area contributed by atoms with Crippen molar-refractivity contribution in [3.8, 4) is 0 Å². The molecule has 1 saturated heterocycles. The number of fused-ring (bicyclic) bond motifs is 1. The van der Waals surface area contributed by atoms with E-state index in [0.29, 0.717) is 37.6 Å². The smallest absolute Gasteiger partial charge is 0.236 e. The number of carbonyl (C=O) groups excluding carboxylic acids is 2. The van der Waals surface area contributed by atoms with E-state index in [4.69, 9.17) is 9.97 Å². The number of aryl methyl sites for hydroxylation is 1. The topological polar surface area (TPSA) is 82.5 Å². The van der Waals surface area contributed by atoms with Crippen molar-refractivity contribution < 1.29 is 9.59 Å². The van der Waals surface area contributed by atoms with E-state index in [1.165, 1.54) is 0 Å². The molecule has 1 unspecified atom stereocenters. The molecule has 4 rings (SSSR count). The summed E-state index contributed by atoms with van der Waals surface area (Å²) in [5, 5.41) is 0. The quantitative estimate of drug-likeness (QED) is 0.735. The first-order valence-electron chi connectivity index (χ1n) is 11.0. The molecule has 0 bridgehead atoms. The lowest BCUT2D eigenvalue weighted by atomic mass is 9.99. The molecule has 0 spiro atoms. The Labute approximate surface area is 183 Å². The third-order valence-corrected chi connectivity index (χ3v) is 6.15. The van der Waals surface area contributed by atoms with Crippen LogP contribution in [-0.4, -0.2) is 63.8 Å². The van der Waals surface area contributed by atoms with Gasteiger partial charge in [-0.3, -0.25) is 24.4 Å². The zero-order valence-corrected chi connectivity index (χ0v) is 18.5. The molecule has 0 saturated carbocycles. The van der Waals surface area contributed by atoms with E-state index in [9.17, 15) is 9.59 Å². The van der Waals surface area contributed by atoms with Gasteiger partial charge in [0.25, 0.3) is 0 Å². The fraction of sp³-hybridized carbons (Fsp3) is 0.522. The standard InChI is InChI=1S/C23H30N6O2/c1-16-18-10-11-20(30)29(14-17-8-4-6-12-24-17)23(18)26-22(25-16)19-9-5-7-13-28(19)15-21(31)27(2)3/h4,6,8,12,19H,5,7,9-11,13-15H2,1-3H3. The number of pyridine rings is 1. The number of hydrogen-bond donors (Lipinski definition) is 0. The van der Waals surface area contributed by atoms with Gasteiger partial charge in [-0.15, -0.1) is 0 Å². The Morgan fingerprint density at radius 3 is 2.77 bits per heavy atom. The number of amides is 2. The molecule has 1 fully saturated rings. The van der Waals surface area contributed by atoms with Gasteiger partial charge in [0.1, 0.15) is 11.6 Å². The van der Waals surface area contributed by atoms with E-state index in [0.717, 1.165) is 42.8 Å². The molecule has 0 N–H and O–H groups in total. The summed E-state index contributed by atoms with van der Waals surface area (Å²) in [4.78, 5) is 44.9. The van der Waals surface area contributed by atoms with Gasteiger partial charge in [-0.2, -0.15) is 0 Å². The Hall–Kier alpha value is -2.87. The number of likely N-dealkylation sites (N-methyl/N-ethyl adjacent to an activating group) is 1. The molecular formula is C23H30N6O2. The van der Waals surface area contributed by atoms with Gasteiger partial charge in [-0.05, 0) is 44.9 Å². The van der Waals surface area contributed by atoms with Crippen molar-refractivity contribution in [2.75, 3.05) is 32.1 Å². The summed E-state index contributed by atoms with van der Waals surface area (Å²) < 4.78 is 0. The van der Waals surface area contributed by atoms with E-state index in [2.05, 4.69) is 9.88 Å². The summed E-state index contributed by atoms with van der Waals surface area (Å²) in [5.74, 6) is 1.55. The summed E-state index contributed by atoms with van der Waals surface area (Å²) in [5.41, 5.74) is 2.78. The van der Waals surface area contributed by atoms with E-state index < -0.39 is 0 Å². The number of aromatic nitrogens is 3. The number of carbonyl (C=O) groups is 2. The zero-order chi connectivity index (χ0) is 22.0. The molecule has 0 aromatic carbocycles. The summed E-state index contributed by atoms with van der Waals surface area (Å²) in [7, 11) is 3.56. The first-order valence-corrected chi connectivity index (χ1v) is 11.0. The van der Waals surface area contributed by atoms with Crippen LogP contribution in [0, 0.1) is 6.92 Å². The van der Waals surface area contributed by atoms with E-state index in [1.54, 1.807) is 30.1 Å². The Morgan fingerprint density at radius 2 is 2.03 bits per heavy atom. The van der Waals surface area contributed by atoms with E-state index in [-0.39, 0.29) is 17.9 Å². The average Bonchev–Trinajstić information content (AvgIpc) is 2.76. The van der Waals surface area contributed by atoms with Gasteiger partial charge >= 0.3 is 0 Å². The lowest BCUT2D eigenvalue weighted by Gasteiger charge is -2.36. The second-order valence-electron chi connectivity index (χ2n) is 8.54. The normalized spacial score (nSPS) is 19.3. The second kappa shape index (κ2) is 9.09. The van der Waals surface area contributed by atoms with Gasteiger partial charge in [0, 0.05) is 38.0 Å². The van der Waals surface area contributed by atoms with Crippen molar-refractivity contribution >= 4 is 17.6 Å². The molecule has 164 valence electrons. The predicted molar refractivity (Wildman–Crippen MR) is 117 cm³/mol. The molecule has 8 heteroatoms. The number of rotatable bonds is 5. The lowest BCUT2D eigenvalue weighted by Crippen LogP contribution is -2.42. The van der Waals surface area contributed by atoms with E-state index in [1.807, 2.05) is 25.1 Å². The van der Waals surface area contributed by atoms with Crippen LogP contribution in [0.3, 0.4) is 0 Å². The third kappa shape index (κ3) is 4.58. The number of hydrogen-bond acceptors (Lipinski definition) is 6. The zero-order valence-electron chi connectivity index (χ0n) is 18.5. The van der Waals surface area contributed by atoms with Crippen LogP contribution in [-0.2, 0) is 22.6 Å². The molecule has 1 atom stereocenters. The SMILES string of the molecule is Cc1nc(C2CCCCN2CC(=O)N(C)C)nc2c1CCC(=O)N2Cc1ccccn1. The Morgan fingerprint density at radius 1 is 1.19 bits per heavy atom. The van der Waals surface area contributed by atoms with Crippen molar-refractivity contribution in [1.29, 1.82) is 0 Å².